The van der Waals surface area contributed by atoms with Crippen molar-refractivity contribution >= 4 is 22.7 Å². The van der Waals surface area contributed by atoms with E-state index in [0.717, 1.165) is 49.0 Å². The van der Waals surface area contributed by atoms with Crippen LogP contribution in [0.15, 0.2) is 5.38 Å². The second kappa shape index (κ2) is 6.52. The third-order valence-electron chi connectivity index (χ3n) is 3.93. The summed E-state index contributed by atoms with van der Waals surface area (Å²) in [7, 11) is 0. The Balaban J connectivity index is 1.84. The quantitative estimate of drug-likeness (QED) is 0.938. The Morgan fingerprint density at radius 3 is 2.67 bits per heavy atom. The highest BCUT2D eigenvalue weighted by molar-refractivity contribution is 7.12. The van der Waals surface area contributed by atoms with Crippen molar-refractivity contribution < 1.29 is 0 Å². The molecule has 114 valence electrons. The van der Waals surface area contributed by atoms with Crippen molar-refractivity contribution in [3.63, 3.8) is 0 Å². The molecule has 0 aliphatic carbocycles. The molecule has 0 radical (unpaired) electrons. The van der Waals surface area contributed by atoms with Gasteiger partial charge in [0.25, 0.3) is 0 Å². The minimum atomic E-state index is 0.450. The molecule has 3 rings (SSSR count). The Kier molecular flexibility index (Phi) is 4.69. The van der Waals surface area contributed by atoms with E-state index in [4.69, 9.17) is 4.98 Å². The van der Waals surface area contributed by atoms with E-state index in [1.54, 1.807) is 22.7 Å². The van der Waals surface area contributed by atoms with Crippen LogP contribution in [0, 0.1) is 13.8 Å². The van der Waals surface area contributed by atoms with Gasteiger partial charge in [-0.05, 0) is 20.3 Å². The summed E-state index contributed by atoms with van der Waals surface area (Å²) >= 11 is 3.53. The highest BCUT2D eigenvalue weighted by Gasteiger charge is 2.24. The predicted molar refractivity (Wildman–Crippen MR) is 90.2 cm³/mol. The van der Waals surface area contributed by atoms with Gasteiger partial charge >= 0.3 is 0 Å². The van der Waals surface area contributed by atoms with Gasteiger partial charge in [0.1, 0.15) is 16.4 Å². The van der Waals surface area contributed by atoms with Crippen molar-refractivity contribution in [2.75, 3.05) is 26.2 Å². The van der Waals surface area contributed by atoms with Gasteiger partial charge in [-0.15, -0.1) is 22.7 Å². The van der Waals surface area contributed by atoms with E-state index in [1.807, 2.05) is 0 Å². The Labute approximate surface area is 134 Å². The average Bonchev–Trinajstić information content (AvgIpc) is 3.08. The summed E-state index contributed by atoms with van der Waals surface area (Å²) in [5, 5.41) is 7.94. The topological polar surface area (TPSA) is 41.1 Å². The first-order chi connectivity index (χ1) is 10.2. The highest BCUT2D eigenvalue weighted by atomic mass is 32.1. The fraction of sp³-hybridized carbons (Fsp3) is 0.600. The largest absolute Gasteiger partial charge is 0.314 e. The minimum Gasteiger partial charge on any atom is -0.314 e. The van der Waals surface area contributed by atoms with Gasteiger partial charge < -0.3 is 5.32 Å². The number of hydrogen-bond donors (Lipinski definition) is 1. The van der Waals surface area contributed by atoms with Gasteiger partial charge in [0.2, 0.25) is 0 Å². The molecule has 0 bridgehead atoms. The molecule has 0 saturated carbocycles. The summed E-state index contributed by atoms with van der Waals surface area (Å²) in [6.07, 6.45) is 1.11. The number of rotatable bonds is 4. The van der Waals surface area contributed by atoms with Gasteiger partial charge in [-0.3, -0.25) is 4.90 Å². The number of aromatic nitrogens is 2. The van der Waals surface area contributed by atoms with Crippen molar-refractivity contribution in [3.05, 3.63) is 20.3 Å². The van der Waals surface area contributed by atoms with E-state index in [1.165, 1.54) is 9.88 Å². The number of nitrogens with zero attached hydrogens (tertiary/aromatic N) is 3. The van der Waals surface area contributed by atoms with Crippen molar-refractivity contribution in [2.24, 2.45) is 0 Å². The molecule has 1 aliphatic heterocycles. The van der Waals surface area contributed by atoms with Crippen LogP contribution in [0.1, 0.15) is 34.3 Å². The standard InChI is InChI=1S/C15H22N4S2/c1-4-13(19-7-5-16-6-8-19)15-18-12(9-20-15)14-10(2)21-11(3)17-14/h9,13,16H,4-8H2,1-3H3. The molecule has 3 heterocycles. The average molecular weight is 323 g/mol. The molecule has 1 atom stereocenters. The molecule has 0 spiro atoms. The summed E-state index contributed by atoms with van der Waals surface area (Å²) in [5.74, 6) is 0. The van der Waals surface area contributed by atoms with E-state index >= 15 is 0 Å². The molecular weight excluding hydrogens is 300 g/mol. The molecule has 2 aromatic heterocycles. The third kappa shape index (κ3) is 3.18. The van der Waals surface area contributed by atoms with Crippen molar-refractivity contribution in [3.8, 4) is 11.4 Å². The lowest BCUT2D eigenvalue weighted by Gasteiger charge is -2.33. The number of piperazine rings is 1. The molecule has 0 aromatic carbocycles. The Hall–Kier alpha value is -0.820. The molecule has 1 saturated heterocycles. The van der Waals surface area contributed by atoms with Gasteiger partial charge in [0, 0.05) is 36.4 Å². The summed E-state index contributed by atoms with van der Waals surface area (Å²) in [5.41, 5.74) is 2.11. The smallest absolute Gasteiger partial charge is 0.111 e. The van der Waals surface area contributed by atoms with Gasteiger partial charge in [-0.1, -0.05) is 6.92 Å². The minimum absolute atomic E-state index is 0.450. The molecule has 1 N–H and O–H groups in total. The van der Waals surface area contributed by atoms with Crippen molar-refractivity contribution in [1.82, 2.24) is 20.2 Å². The van der Waals surface area contributed by atoms with Crippen LogP contribution in [-0.2, 0) is 0 Å². The van der Waals surface area contributed by atoms with E-state index in [2.05, 4.69) is 41.4 Å². The maximum absolute atomic E-state index is 4.90. The number of thiazole rings is 2. The van der Waals surface area contributed by atoms with Gasteiger partial charge in [-0.25, -0.2) is 9.97 Å². The third-order valence-corrected chi connectivity index (χ3v) is 5.76. The van der Waals surface area contributed by atoms with Gasteiger partial charge in [0.15, 0.2) is 0 Å². The Morgan fingerprint density at radius 1 is 1.29 bits per heavy atom. The zero-order chi connectivity index (χ0) is 14.8. The monoisotopic (exact) mass is 322 g/mol. The Bertz CT molecular complexity index is 599. The first-order valence-corrected chi connectivity index (χ1v) is 9.23. The van der Waals surface area contributed by atoms with Crippen LogP contribution in [0.25, 0.3) is 11.4 Å². The molecule has 1 unspecified atom stereocenters. The number of nitrogens with one attached hydrogen (secondary N) is 1. The van der Waals surface area contributed by atoms with Crippen LogP contribution in [-0.4, -0.2) is 41.0 Å². The molecule has 4 nitrogen and oxygen atoms in total. The maximum atomic E-state index is 4.90. The van der Waals surface area contributed by atoms with Crippen molar-refractivity contribution in [1.29, 1.82) is 0 Å². The lowest BCUT2D eigenvalue weighted by molar-refractivity contribution is 0.169. The first kappa shape index (κ1) is 15.1. The molecule has 21 heavy (non-hydrogen) atoms. The van der Waals surface area contributed by atoms with Crippen LogP contribution >= 0.6 is 22.7 Å². The Morgan fingerprint density at radius 2 is 2.05 bits per heavy atom. The van der Waals surface area contributed by atoms with Crippen LogP contribution in [0.5, 0.6) is 0 Å². The normalized spacial score (nSPS) is 18.0. The number of hydrogen-bond acceptors (Lipinski definition) is 6. The molecule has 2 aromatic rings. The van der Waals surface area contributed by atoms with E-state index in [-0.39, 0.29) is 0 Å². The van der Waals surface area contributed by atoms with E-state index in [9.17, 15) is 0 Å². The number of aryl methyl sites for hydroxylation is 2. The predicted octanol–water partition coefficient (Wildman–Crippen LogP) is 3.24. The van der Waals surface area contributed by atoms with Crippen LogP contribution in [0.3, 0.4) is 0 Å². The highest BCUT2D eigenvalue weighted by Crippen LogP contribution is 2.33. The maximum Gasteiger partial charge on any atom is 0.111 e. The van der Waals surface area contributed by atoms with Crippen LogP contribution in [0.4, 0.5) is 0 Å². The van der Waals surface area contributed by atoms with Crippen LogP contribution in [0.2, 0.25) is 0 Å². The zero-order valence-electron chi connectivity index (χ0n) is 12.8. The molecule has 1 fully saturated rings. The fourth-order valence-electron chi connectivity index (χ4n) is 2.90. The lowest BCUT2D eigenvalue weighted by Crippen LogP contribution is -2.45. The van der Waals surface area contributed by atoms with Gasteiger partial charge in [0.05, 0.1) is 11.0 Å². The first-order valence-electron chi connectivity index (χ1n) is 7.53. The van der Waals surface area contributed by atoms with Crippen LogP contribution < -0.4 is 5.32 Å². The molecular formula is C15H22N4S2. The zero-order valence-corrected chi connectivity index (χ0v) is 14.5. The summed E-state index contributed by atoms with van der Waals surface area (Å²) < 4.78 is 0. The summed E-state index contributed by atoms with van der Waals surface area (Å²) in [4.78, 5) is 13.3. The second-order valence-corrected chi connectivity index (χ2v) is 7.72. The molecule has 0 amide bonds. The van der Waals surface area contributed by atoms with E-state index < -0.39 is 0 Å². The SMILES string of the molecule is CCC(c1nc(-c2nc(C)sc2C)cs1)N1CCNCC1. The second-order valence-electron chi connectivity index (χ2n) is 5.42. The lowest BCUT2D eigenvalue weighted by atomic mass is 10.2. The van der Waals surface area contributed by atoms with Crippen molar-refractivity contribution in [2.45, 2.75) is 33.2 Å². The van der Waals surface area contributed by atoms with Gasteiger partial charge in [-0.2, -0.15) is 0 Å². The van der Waals surface area contributed by atoms with E-state index in [0.29, 0.717) is 6.04 Å². The molecule has 1 aliphatic rings. The summed E-state index contributed by atoms with van der Waals surface area (Å²) in [6.45, 7) is 10.8. The molecule has 6 heteroatoms. The summed E-state index contributed by atoms with van der Waals surface area (Å²) in [6, 6.07) is 0.450. The fourth-order valence-corrected chi connectivity index (χ4v) is 4.75.